The van der Waals surface area contributed by atoms with Gasteiger partial charge in [0.1, 0.15) is 5.75 Å². The Balaban J connectivity index is 1.86. The molecule has 1 unspecified atom stereocenters. The molecule has 2 rings (SSSR count). The number of nitrogens with two attached hydrogens (primary N) is 1. The zero-order chi connectivity index (χ0) is 12.3. The maximum Gasteiger partial charge on any atom is 0.145 e. The van der Waals surface area contributed by atoms with E-state index in [9.17, 15) is 0 Å². The van der Waals surface area contributed by atoms with Gasteiger partial charge in [0.05, 0.1) is 12.3 Å². The number of aryl methyl sites for hydroxylation is 1. The molecule has 0 spiro atoms. The highest BCUT2D eigenvalue weighted by atomic mass is 16.5. The van der Waals surface area contributed by atoms with E-state index in [-0.39, 0.29) is 0 Å². The van der Waals surface area contributed by atoms with Crippen LogP contribution in [0.5, 0.6) is 5.75 Å². The molecule has 17 heavy (non-hydrogen) atoms. The van der Waals surface area contributed by atoms with Gasteiger partial charge in [-0.3, -0.25) is 0 Å². The average Bonchev–Trinajstić information content (AvgIpc) is 2.69. The topological polar surface area (TPSA) is 38.5 Å². The van der Waals surface area contributed by atoms with Gasteiger partial charge in [0, 0.05) is 6.04 Å². The Bertz CT molecular complexity index is 358. The lowest BCUT2D eigenvalue weighted by molar-refractivity contribution is 0.233. The second kappa shape index (κ2) is 5.41. The molecule has 1 aromatic carbocycles. The second-order valence-corrected chi connectivity index (χ2v) is 4.91. The number of likely N-dealkylation sites (tertiary alicyclic amines) is 1. The monoisotopic (exact) mass is 234 g/mol. The van der Waals surface area contributed by atoms with Gasteiger partial charge in [-0.05, 0) is 51.4 Å². The molecule has 0 saturated carbocycles. The zero-order valence-electron chi connectivity index (χ0n) is 10.8. The molecule has 1 aliphatic rings. The highest BCUT2D eigenvalue weighted by Crippen LogP contribution is 2.26. The van der Waals surface area contributed by atoms with Crippen molar-refractivity contribution in [3.8, 4) is 5.75 Å². The van der Waals surface area contributed by atoms with E-state index in [4.69, 9.17) is 10.5 Å². The summed E-state index contributed by atoms with van der Waals surface area (Å²) in [6.45, 7) is 4.01. The molecule has 0 amide bonds. The first-order valence-electron chi connectivity index (χ1n) is 6.36. The summed E-state index contributed by atoms with van der Waals surface area (Å²) in [6, 6.07) is 6.57. The minimum atomic E-state index is 0.681. The van der Waals surface area contributed by atoms with Crippen molar-refractivity contribution in [3.63, 3.8) is 0 Å². The van der Waals surface area contributed by atoms with Gasteiger partial charge in [-0.2, -0.15) is 0 Å². The summed E-state index contributed by atoms with van der Waals surface area (Å²) < 4.78 is 5.83. The fraction of sp³-hybridized carbons (Fsp3) is 0.571. The second-order valence-electron chi connectivity index (χ2n) is 4.91. The number of rotatable bonds is 4. The van der Waals surface area contributed by atoms with Gasteiger partial charge >= 0.3 is 0 Å². The number of anilines is 1. The van der Waals surface area contributed by atoms with Gasteiger partial charge in [0.2, 0.25) is 0 Å². The maximum atomic E-state index is 5.91. The number of benzene rings is 1. The van der Waals surface area contributed by atoms with Crippen LogP contribution in [0.4, 0.5) is 5.69 Å². The van der Waals surface area contributed by atoms with Crippen LogP contribution in [0.15, 0.2) is 18.2 Å². The minimum absolute atomic E-state index is 0.681. The van der Waals surface area contributed by atoms with Crippen LogP contribution >= 0.6 is 0 Å². The summed E-state index contributed by atoms with van der Waals surface area (Å²) >= 11 is 0. The molecule has 1 aliphatic heterocycles. The Morgan fingerprint density at radius 2 is 2.29 bits per heavy atom. The summed E-state index contributed by atoms with van der Waals surface area (Å²) in [5.74, 6) is 0.855. The van der Waals surface area contributed by atoms with Gasteiger partial charge in [-0.1, -0.05) is 12.1 Å². The van der Waals surface area contributed by atoms with Crippen molar-refractivity contribution in [2.24, 2.45) is 0 Å². The summed E-state index contributed by atoms with van der Waals surface area (Å²) in [5, 5.41) is 0. The Morgan fingerprint density at radius 1 is 1.47 bits per heavy atom. The van der Waals surface area contributed by atoms with Crippen LogP contribution in [0.2, 0.25) is 0 Å². The first kappa shape index (κ1) is 12.2. The summed E-state index contributed by atoms with van der Waals surface area (Å²) in [4.78, 5) is 2.42. The lowest BCUT2D eigenvalue weighted by atomic mass is 10.1. The van der Waals surface area contributed by atoms with E-state index in [0.717, 1.165) is 30.0 Å². The fourth-order valence-corrected chi connectivity index (χ4v) is 2.51. The van der Waals surface area contributed by atoms with Crippen LogP contribution in [0, 0.1) is 6.92 Å². The van der Waals surface area contributed by atoms with Crippen LogP contribution in [-0.4, -0.2) is 31.1 Å². The molecule has 3 nitrogen and oxygen atoms in total. The third kappa shape index (κ3) is 2.91. The van der Waals surface area contributed by atoms with Gasteiger partial charge in [-0.25, -0.2) is 0 Å². The molecule has 1 fully saturated rings. The third-order valence-electron chi connectivity index (χ3n) is 3.61. The Hall–Kier alpha value is -1.22. The van der Waals surface area contributed by atoms with Crippen LogP contribution < -0.4 is 10.5 Å². The smallest absolute Gasteiger partial charge is 0.145 e. The van der Waals surface area contributed by atoms with Crippen LogP contribution in [0.25, 0.3) is 0 Å². The Morgan fingerprint density at radius 3 is 2.94 bits per heavy atom. The number of nitrogens with zero attached hydrogens (tertiary/aromatic N) is 1. The van der Waals surface area contributed by atoms with Crippen LogP contribution in [-0.2, 0) is 0 Å². The van der Waals surface area contributed by atoms with Gasteiger partial charge in [0.25, 0.3) is 0 Å². The third-order valence-corrected chi connectivity index (χ3v) is 3.61. The number of hydrogen-bond donors (Lipinski definition) is 1. The van der Waals surface area contributed by atoms with Crippen molar-refractivity contribution >= 4 is 5.69 Å². The molecule has 94 valence electrons. The van der Waals surface area contributed by atoms with E-state index >= 15 is 0 Å². The molecular weight excluding hydrogens is 212 g/mol. The van der Waals surface area contributed by atoms with Crippen molar-refractivity contribution in [2.75, 3.05) is 25.9 Å². The molecule has 0 aliphatic carbocycles. The molecule has 1 heterocycles. The molecular formula is C14H22N2O. The molecule has 0 aromatic heterocycles. The largest absolute Gasteiger partial charge is 0.491 e. The van der Waals surface area contributed by atoms with E-state index < -0.39 is 0 Å². The Kier molecular flexibility index (Phi) is 3.89. The number of hydrogen-bond acceptors (Lipinski definition) is 3. The molecule has 0 bridgehead atoms. The van der Waals surface area contributed by atoms with Crippen molar-refractivity contribution < 1.29 is 4.74 Å². The van der Waals surface area contributed by atoms with Crippen LogP contribution in [0.1, 0.15) is 24.8 Å². The van der Waals surface area contributed by atoms with Crippen molar-refractivity contribution in [2.45, 2.75) is 32.2 Å². The normalized spacial score (nSPS) is 20.7. The number of ether oxygens (including phenoxy) is 1. The summed E-state index contributed by atoms with van der Waals surface area (Å²) in [6.07, 6.45) is 3.70. The average molecular weight is 234 g/mol. The fourth-order valence-electron chi connectivity index (χ4n) is 2.51. The van der Waals surface area contributed by atoms with Crippen molar-refractivity contribution in [1.82, 2.24) is 4.90 Å². The van der Waals surface area contributed by atoms with Gasteiger partial charge < -0.3 is 15.4 Å². The molecule has 1 atom stereocenters. The van der Waals surface area contributed by atoms with E-state index in [1.54, 1.807) is 0 Å². The first-order chi connectivity index (χ1) is 8.18. The molecule has 3 heteroatoms. The highest BCUT2D eigenvalue weighted by Gasteiger charge is 2.20. The lowest BCUT2D eigenvalue weighted by Gasteiger charge is -2.20. The molecule has 1 aromatic rings. The quantitative estimate of drug-likeness (QED) is 0.813. The standard InChI is InChI=1S/C14H22N2O/c1-11-5-3-7-13(15)14(11)17-10-8-12-6-4-9-16(12)2/h3,5,7,12H,4,6,8-10,15H2,1-2H3. The first-order valence-corrected chi connectivity index (χ1v) is 6.36. The molecule has 2 N–H and O–H groups in total. The Labute approximate surface area is 104 Å². The molecule has 0 radical (unpaired) electrons. The van der Waals surface area contributed by atoms with E-state index in [2.05, 4.69) is 11.9 Å². The van der Waals surface area contributed by atoms with Crippen LogP contribution in [0.3, 0.4) is 0 Å². The summed E-state index contributed by atoms with van der Waals surface area (Å²) in [5.41, 5.74) is 7.76. The predicted octanol–water partition coefficient (Wildman–Crippen LogP) is 2.44. The van der Waals surface area contributed by atoms with Gasteiger partial charge in [-0.15, -0.1) is 0 Å². The SMILES string of the molecule is Cc1cccc(N)c1OCCC1CCCN1C. The summed E-state index contributed by atoms with van der Waals surface area (Å²) in [7, 11) is 2.19. The maximum absolute atomic E-state index is 5.91. The highest BCUT2D eigenvalue weighted by molar-refractivity contribution is 5.56. The predicted molar refractivity (Wildman–Crippen MR) is 71.4 cm³/mol. The lowest BCUT2D eigenvalue weighted by Crippen LogP contribution is -2.26. The number of para-hydroxylation sites is 1. The van der Waals surface area contributed by atoms with Crippen molar-refractivity contribution in [1.29, 1.82) is 0 Å². The van der Waals surface area contributed by atoms with Crippen molar-refractivity contribution in [3.05, 3.63) is 23.8 Å². The molecule has 1 saturated heterocycles. The zero-order valence-corrected chi connectivity index (χ0v) is 10.8. The number of nitrogen functional groups attached to an aromatic ring is 1. The van der Waals surface area contributed by atoms with E-state index in [1.165, 1.54) is 19.4 Å². The van der Waals surface area contributed by atoms with E-state index in [0.29, 0.717) is 6.04 Å². The minimum Gasteiger partial charge on any atom is -0.491 e. The van der Waals surface area contributed by atoms with E-state index in [1.807, 2.05) is 25.1 Å². The van der Waals surface area contributed by atoms with Gasteiger partial charge in [0.15, 0.2) is 0 Å².